The molecule has 0 aliphatic carbocycles. The number of piperidine rings is 2. The first-order valence-corrected chi connectivity index (χ1v) is 31.0. The molecule has 7 N–H and O–H groups in total. The van der Waals surface area contributed by atoms with E-state index in [1.54, 1.807) is 21.9 Å². The summed E-state index contributed by atoms with van der Waals surface area (Å²) in [5.41, 5.74) is 4.92. The SMILES string of the molecule is CCC(=O)NC1CN(CCCCC2CCN(CC(=O)N3c4ccccc4NC(=O)c4ccccc43)CC2)CCN(CCCCC2CCN(CC(=O)N3c4ccccc4NC(=O)c4ccccc43)CC2)C1.O=C(O)C(F)(F)F.O=C(O)C(F)(F)F.O=C(O)C(F)(F)F.O=C(O)C(F)(F)F. The summed E-state index contributed by atoms with van der Waals surface area (Å²) in [6.45, 7) is 12.0. The summed E-state index contributed by atoms with van der Waals surface area (Å²) in [7, 11) is 0. The Kier molecular flexibility index (Phi) is 29.8. The van der Waals surface area contributed by atoms with Crippen molar-refractivity contribution in [2.24, 2.45) is 11.8 Å². The van der Waals surface area contributed by atoms with E-state index >= 15 is 0 Å². The zero-order valence-corrected chi connectivity index (χ0v) is 52.9. The fraction of sp³-hybridized carbons (Fsp3) is 0.484. The normalized spacial score (nSPS) is 16.7. The molecule has 5 aliphatic rings. The highest BCUT2D eigenvalue weighted by molar-refractivity contribution is 6.19. The minimum atomic E-state index is -5.08. The Balaban J connectivity index is 0.000000518. The van der Waals surface area contributed by atoms with Crippen molar-refractivity contribution < 1.29 is 116 Å². The third kappa shape index (κ3) is 25.2. The van der Waals surface area contributed by atoms with E-state index < -0.39 is 48.6 Å². The number of amides is 5. The molecule has 5 amide bonds. The van der Waals surface area contributed by atoms with Crippen LogP contribution in [0.1, 0.15) is 98.3 Å². The summed E-state index contributed by atoms with van der Waals surface area (Å²) in [4.78, 5) is 115. The van der Waals surface area contributed by atoms with Crippen LogP contribution in [0.4, 0.5) is 86.8 Å². The number of aliphatic carboxylic acids is 4. The molecule has 0 aromatic heterocycles. The summed E-state index contributed by atoms with van der Waals surface area (Å²) >= 11 is 0. The van der Waals surface area contributed by atoms with E-state index in [0.717, 1.165) is 104 Å². The summed E-state index contributed by atoms with van der Waals surface area (Å²) in [6.07, 6.45) is -8.50. The summed E-state index contributed by atoms with van der Waals surface area (Å²) in [5, 5.41) is 37.8. The molecular formula is C64H75F12N9O13. The molecule has 0 bridgehead atoms. The topological polar surface area (TPSA) is 290 Å². The van der Waals surface area contributed by atoms with Crippen molar-refractivity contribution in [1.29, 1.82) is 0 Å². The van der Waals surface area contributed by atoms with Gasteiger partial charge in [0.05, 0.1) is 64.4 Å². The number of benzene rings is 4. The third-order valence-electron chi connectivity index (χ3n) is 16.2. The number of carboxylic acid groups (broad SMARTS) is 4. The average molecular weight is 1410 g/mol. The predicted octanol–water partition coefficient (Wildman–Crippen LogP) is 10.7. The smallest absolute Gasteiger partial charge is 0.475 e. The van der Waals surface area contributed by atoms with Gasteiger partial charge in [-0.2, -0.15) is 52.7 Å². The maximum atomic E-state index is 14.0. The van der Waals surface area contributed by atoms with E-state index in [0.29, 0.717) is 76.6 Å². The average Bonchev–Trinajstić information content (AvgIpc) is 1.62. The number of carbonyl (C=O) groups excluding carboxylic acids is 5. The van der Waals surface area contributed by atoms with Gasteiger partial charge in [0.1, 0.15) is 0 Å². The first-order valence-electron chi connectivity index (χ1n) is 31.0. The number of hydrogen-bond donors (Lipinski definition) is 7. The van der Waals surface area contributed by atoms with Gasteiger partial charge in [-0.15, -0.1) is 0 Å². The zero-order chi connectivity index (χ0) is 72.7. The molecule has 0 atom stereocenters. The monoisotopic (exact) mass is 1410 g/mol. The molecule has 4 aromatic carbocycles. The summed E-state index contributed by atoms with van der Waals surface area (Å²) in [6, 6.07) is 29.8. The number of unbranched alkanes of at least 4 members (excludes halogenated alkanes) is 2. The van der Waals surface area contributed by atoms with E-state index in [1.807, 2.05) is 91.9 Å². The molecule has 538 valence electrons. The van der Waals surface area contributed by atoms with Gasteiger partial charge in [0.2, 0.25) is 17.7 Å². The van der Waals surface area contributed by atoms with Crippen LogP contribution >= 0.6 is 0 Å². The van der Waals surface area contributed by atoms with Crippen molar-refractivity contribution in [3.8, 4) is 0 Å². The quantitative estimate of drug-likeness (QED) is 0.0405. The molecule has 3 saturated heterocycles. The Bertz CT molecular complexity index is 3120. The number of alkyl halides is 12. The van der Waals surface area contributed by atoms with Crippen LogP contribution in [0.2, 0.25) is 0 Å². The van der Waals surface area contributed by atoms with Crippen LogP contribution in [0, 0.1) is 11.8 Å². The Morgan fingerprint density at radius 1 is 0.439 bits per heavy atom. The molecular weight excluding hydrogens is 1330 g/mol. The van der Waals surface area contributed by atoms with Gasteiger partial charge in [-0.05, 0) is 138 Å². The third-order valence-corrected chi connectivity index (χ3v) is 16.2. The molecule has 5 aliphatic heterocycles. The largest absolute Gasteiger partial charge is 0.490 e. The number of para-hydroxylation sites is 6. The standard InChI is InChI=1S/C56H71N9O5.4C2HF3O2/c1-2-52(66)57-43-37-60(29-13-11-15-41-25-31-62(32-26-41)39-53(67)64-48-21-7-3-17-44(48)55(69)58-46-19-5-9-23-50(46)64)35-36-61(38-43)30-14-12-16-42-27-33-63(34-28-42)40-54(68)65-49-22-8-4-18-45(49)56(70)59-47-20-6-10-24-51(47)65;4*3-2(4,5)1(6)7/h3-10,17-24,41-43H,2,11-16,25-40H2,1H3,(H,57,66)(H,58,69)(H,59,70);4*(H,6,7). The molecule has 0 saturated carbocycles. The van der Waals surface area contributed by atoms with Crippen LogP contribution in [0.15, 0.2) is 97.1 Å². The van der Waals surface area contributed by atoms with Crippen LogP contribution < -0.4 is 25.8 Å². The number of rotatable bonds is 16. The van der Waals surface area contributed by atoms with Gasteiger partial charge in [0.25, 0.3) is 11.8 Å². The van der Waals surface area contributed by atoms with E-state index in [1.165, 1.54) is 25.7 Å². The molecule has 9 rings (SSSR count). The van der Waals surface area contributed by atoms with Crippen molar-refractivity contribution in [3.05, 3.63) is 108 Å². The molecule has 4 aromatic rings. The Labute approximate surface area is 554 Å². The minimum Gasteiger partial charge on any atom is -0.475 e. The van der Waals surface area contributed by atoms with Gasteiger partial charge < -0.3 is 36.4 Å². The molecule has 0 unspecified atom stereocenters. The molecule has 0 radical (unpaired) electrons. The minimum absolute atomic E-state index is 0.0264. The first kappa shape index (κ1) is 79.8. The van der Waals surface area contributed by atoms with E-state index in [2.05, 4.69) is 35.6 Å². The molecule has 34 heteroatoms. The Hall–Kier alpha value is -8.89. The van der Waals surface area contributed by atoms with Crippen molar-refractivity contribution in [3.63, 3.8) is 0 Å². The molecule has 22 nitrogen and oxygen atoms in total. The number of anilines is 6. The highest BCUT2D eigenvalue weighted by Crippen LogP contribution is 2.40. The van der Waals surface area contributed by atoms with Crippen molar-refractivity contribution >= 4 is 87.5 Å². The van der Waals surface area contributed by atoms with Gasteiger partial charge in [0, 0.05) is 32.6 Å². The Morgan fingerprint density at radius 3 is 1.04 bits per heavy atom. The molecule has 98 heavy (non-hydrogen) atoms. The molecule has 5 heterocycles. The number of halogens is 12. The maximum Gasteiger partial charge on any atom is 0.490 e. The second kappa shape index (κ2) is 36.6. The van der Waals surface area contributed by atoms with Crippen molar-refractivity contribution in [2.45, 2.75) is 108 Å². The van der Waals surface area contributed by atoms with Gasteiger partial charge in [0.15, 0.2) is 0 Å². The lowest BCUT2D eigenvalue weighted by atomic mass is 9.91. The van der Waals surface area contributed by atoms with Crippen LogP contribution in [0.3, 0.4) is 0 Å². The second-order valence-corrected chi connectivity index (χ2v) is 23.3. The van der Waals surface area contributed by atoms with Crippen LogP contribution in [0.25, 0.3) is 0 Å². The fourth-order valence-corrected chi connectivity index (χ4v) is 11.3. The second-order valence-electron chi connectivity index (χ2n) is 23.3. The number of carboxylic acids is 4. The van der Waals surface area contributed by atoms with Crippen molar-refractivity contribution in [2.75, 3.05) is 99.0 Å². The number of likely N-dealkylation sites (tertiary alicyclic amines) is 2. The van der Waals surface area contributed by atoms with Crippen LogP contribution in [0.5, 0.6) is 0 Å². The lowest BCUT2D eigenvalue weighted by Gasteiger charge is -2.33. The number of hydrogen-bond acceptors (Lipinski definition) is 13. The van der Waals surface area contributed by atoms with Gasteiger partial charge >= 0.3 is 48.6 Å². The lowest BCUT2D eigenvalue weighted by molar-refractivity contribution is -0.193. The highest BCUT2D eigenvalue weighted by atomic mass is 19.4. The fourth-order valence-electron chi connectivity index (χ4n) is 11.3. The molecule has 0 spiro atoms. The van der Waals surface area contributed by atoms with Crippen LogP contribution in [-0.4, -0.2) is 203 Å². The highest BCUT2D eigenvalue weighted by Gasteiger charge is 2.41. The van der Waals surface area contributed by atoms with Crippen LogP contribution in [-0.2, 0) is 33.6 Å². The maximum absolute atomic E-state index is 14.0. The Morgan fingerprint density at radius 2 is 0.735 bits per heavy atom. The lowest BCUT2D eigenvalue weighted by Crippen LogP contribution is -2.46. The van der Waals surface area contributed by atoms with Gasteiger partial charge in [-0.3, -0.25) is 53.4 Å². The summed E-state index contributed by atoms with van der Waals surface area (Å²) in [5.74, 6) is -10.1. The van der Waals surface area contributed by atoms with E-state index in [-0.39, 0.29) is 35.6 Å². The number of fused-ring (bicyclic) bond motifs is 4. The number of nitrogens with one attached hydrogen (secondary N) is 3. The predicted molar refractivity (Wildman–Crippen MR) is 332 cm³/mol. The van der Waals surface area contributed by atoms with Gasteiger partial charge in [-0.25, -0.2) is 19.2 Å². The molecule has 3 fully saturated rings. The van der Waals surface area contributed by atoms with Gasteiger partial charge in [-0.1, -0.05) is 81.1 Å². The first-order chi connectivity index (χ1) is 46.0. The number of carbonyl (C=O) groups is 9. The summed E-state index contributed by atoms with van der Waals surface area (Å²) < 4.78 is 127. The van der Waals surface area contributed by atoms with Crippen molar-refractivity contribution in [1.82, 2.24) is 24.9 Å². The van der Waals surface area contributed by atoms with E-state index in [9.17, 15) is 76.7 Å². The zero-order valence-electron chi connectivity index (χ0n) is 52.9. The number of nitrogens with zero attached hydrogens (tertiary/aromatic N) is 6. The van der Waals surface area contributed by atoms with E-state index in [4.69, 9.17) is 39.6 Å².